The minimum Gasteiger partial charge on any atom is -0.399 e. The SMILES string of the molecule is [N-]=[N+]=NCCC=Cc1ccc(N)cc1F. The van der Waals surface area contributed by atoms with E-state index >= 15 is 0 Å². The Morgan fingerprint density at radius 3 is 3.00 bits per heavy atom. The fourth-order valence-corrected chi connectivity index (χ4v) is 1.07. The number of azide groups is 1. The third-order valence-corrected chi connectivity index (χ3v) is 1.78. The largest absolute Gasteiger partial charge is 0.399 e. The van der Waals surface area contributed by atoms with Crippen molar-refractivity contribution in [1.29, 1.82) is 0 Å². The predicted molar refractivity (Wildman–Crippen MR) is 58.5 cm³/mol. The second kappa shape index (κ2) is 5.67. The van der Waals surface area contributed by atoms with Crippen molar-refractivity contribution in [3.05, 3.63) is 46.1 Å². The summed E-state index contributed by atoms with van der Waals surface area (Å²) in [6.07, 6.45) is 3.98. The first-order chi connectivity index (χ1) is 7.24. The van der Waals surface area contributed by atoms with Gasteiger partial charge < -0.3 is 5.73 Å². The van der Waals surface area contributed by atoms with Gasteiger partial charge in [-0.3, -0.25) is 0 Å². The van der Waals surface area contributed by atoms with Gasteiger partial charge >= 0.3 is 0 Å². The Kier molecular flexibility index (Phi) is 4.19. The highest BCUT2D eigenvalue weighted by Gasteiger charge is 1.97. The highest BCUT2D eigenvalue weighted by Crippen LogP contribution is 2.13. The smallest absolute Gasteiger partial charge is 0.132 e. The zero-order valence-corrected chi connectivity index (χ0v) is 8.10. The molecule has 0 aromatic heterocycles. The number of hydrogen-bond acceptors (Lipinski definition) is 2. The zero-order valence-electron chi connectivity index (χ0n) is 8.10. The van der Waals surface area contributed by atoms with Crippen LogP contribution in [0.25, 0.3) is 16.5 Å². The van der Waals surface area contributed by atoms with Gasteiger partial charge in [-0.2, -0.15) is 0 Å². The molecule has 0 aliphatic rings. The molecule has 4 nitrogen and oxygen atoms in total. The first-order valence-corrected chi connectivity index (χ1v) is 4.46. The number of hydrogen-bond donors (Lipinski definition) is 1. The molecule has 2 N–H and O–H groups in total. The fraction of sp³-hybridized carbons (Fsp3) is 0.200. The highest BCUT2D eigenvalue weighted by atomic mass is 19.1. The number of nitrogen functional groups attached to an aromatic ring is 1. The van der Waals surface area contributed by atoms with Crippen LogP contribution in [0.1, 0.15) is 12.0 Å². The number of anilines is 1. The summed E-state index contributed by atoms with van der Waals surface area (Å²) < 4.78 is 13.2. The maximum Gasteiger partial charge on any atom is 0.132 e. The molecule has 0 aliphatic carbocycles. The minimum absolute atomic E-state index is 0.352. The quantitative estimate of drug-likeness (QED) is 0.265. The molecule has 5 heteroatoms. The van der Waals surface area contributed by atoms with Crippen molar-refractivity contribution in [3.8, 4) is 0 Å². The molecular formula is C10H11FN4. The van der Waals surface area contributed by atoms with Gasteiger partial charge in [0.25, 0.3) is 0 Å². The molecule has 0 atom stereocenters. The molecule has 0 bridgehead atoms. The Bertz CT molecular complexity index is 408. The van der Waals surface area contributed by atoms with Crippen LogP contribution < -0.4 is 5.73 Å². The molecule has 1 aromatic carbocycles. The minimum atomic E-state index is -0.352. The van der Waals surface area contributed by atoms with Crippen LogP contribution in [0.15, 0.2) is 29.4 Å². The molecular weight excluding hydrogens is 195 g/mol. The number of nitrogens with two attached hydrogens (primary N) is 1. The summed E-state index contributed by atoms with van der Waals surface area (Å²) >= 11 is 0. The van der Waals surface area contributed by atoms with Crippen molar-refractivity contribution in [3.63, 3.8) is 0 Å². The van der Waals surface area contributed by atoms with Gasteiger partial charge in [-0.05, 0) is 24.1 Å². The lowest BCUT2D eigenvalue weighted by atomic mass is 10.1. The van der Waals surface area contributed by atoms with Crippen LogP contribution in [-0.4, -0.2) is 6.54 Å². The number of rotatable bonds is 4. The lowest BCUT2D eigenvalue weighted by Gasteiger charge is -1.97. The van der Waals surface area contributed by atoms with E-state index in [2.05, 4.69) is 10.0 Å². The monoisotopic (exact) mass is 206 g/mol. The van der Waals surface area contributed by atoms with Crippen LogP contribution in [0.3, 0.4) is 0 Å². The molecule has 0 saturated heterocycles. The van der Waals surface area contributed by atoms with Crippen LogP contribution in [0.5, 0.6) is 0 Å². The summed E-state index contributed by atoms with van der Waals surface area (Å²) in [5.74, 6) is -0.352. The maximum absolute atomic E-state index is 13.2. The van der Waals surface area contributed by atoms with Gasteiger partial charge in [0.2, 0.25) is 0 Å². The van der Waals surface area contributed by atoms with Crippen LogP contribution in [0.4, 0.5) is 10.1 Å². The van der Waals surface area contributed by atoms with E-state index in [-0.39, 0.29) is 5.82 Å². The van der Waals surface area contributed by atoms with Crippen LogP contribution >= 0.6 is 0 Å². The van der Waals surface area contributed by atoms with Crippen LogP contribution in [-0.2, 0) is 0 Å². The summed E-state index contributed by atoms with van der Waals surface area (Å²) in [5, 5.41) is 3.36. The molecule has 0 aliphatic heterocycles. The van der Waals surface area contributed by atoms with Gasteiger partial charge in [-0.1, -0.05) is 23.3 Å². The Morgan fingerprint density at radius 1 is 1.53 bits per heavy atom. The van der Waals surface area contributed by atoms with Crippen molar-refractivity contribution in [2.45, 2.75) is 6.42 Å². The summed E-state index contributed by atoms with van der Waals surface area (Å²) in [6.45, 7) is 0.379. The molecule has 1 aromatic rings. The van der Waals surface area contributed by atoms with Crippen molar-refractivity contribution < 1.29 is 4.39 Å². The standard InChI is InChI=1S/C10H11FN4/c11-10-7-9(12)5-4-8(10)3-1-2-6-14-15-13/h1,3-5,7H,2,6,12H2. The van der Waals surface area contributed by atoms with Crippen molar-refractivity contribution in [2.24, 2.45) is 5.11 Å². The van der Waals surface area contributed by atoms with E-state index in [1.165, 1.54) is 6.07 Å². The number of halogens is 1. The van der Waals surface area contributed by atoms with Crippen molar-refractivity contribution in [1.82, 2.24) is 0 Å². The topological polar surface area (TPSA) is 74.8 Å². The Morgan fingerprint density at radius 2 is 2.33 bits per heavy atom. The van der Waals surface area contributed by atoms with E-state index in [1.807, 2.05) is 0 Å². The average molecular weight is 206 g/mol. The van der Waals surface area contributed by atoms with Gasteiger partial charge in [0.15, 0.2) is 0 Å². The molecule has 0 spiro atoms. The molecule has 0 amide bonds. The predicted octanol–water partition coefficient (Wildman–Crippen LogP) is 3.12. The fourth-order valence-electron chi connectivity index (χ4n) is 1.07. The van der Waals surface area contributed by atoms with E-state index in [9.17, 15) is 4.39 Å². The molecule has 15 heavy (non-hydrogen) atoms. The Hall–Kier alpha value is -2.00. The van der Waals surface area contributed by atoms with Crippen molar-refractivity contribution >= 4 is 11.8 Å². The second-order valence-electron chi connectivity index (χ2n) is 2.93. The van der Waals surface area contributed by atoms with Crippen LogP contribution in [0.2, 0.25) is 0 Å². The third-order valence-electron chi connectivity index (χ3n) is 1.78. The van der Waals surface area contributed by atoms with E-state index in [4.69, 9.17) is 11.3 Å². The molecule has 78 valence electrons. The number of benzene rings is 1. The number of nitrogens with zero attached hydrogens (tertiary/aromatic N) is 3. The van der Waals surface area contributed by atoms with Gasteiger partial charge in [0, 0.05) is 22.7 Å². The highest BCUT2D eigenvalue weighted by molar-refractivity contribution is 5.54. The Labute approximate surface area is 86.8 Å². The van der Waals surface area contributed by atoms with E-state index in [0.717, 1.165) is 0 Å². The first-order valence-electron chi connectivity index (χ1n) is 4.46. The Balaban J connectivity index is 2.60. The summed E-state index contributed by atoms with van der Waals surface area (Å²) in [4.78, 5) is 2.61. The molecule has 0 radical (unpaired) electrons. The first kappa shape index (κ1) is 11.1. The lowest BCUT2D eigenvalue weighted by Crippen LogP contribution is -1.88. The molecule has 0 heterocycles. The second-order valence-corrected chi connectivity index (χ2v) is 2.93. The van der Waals surface area contributed by atoms with Crippen molar-refractivity contribution in [2.75, 3.05) is 12.3 Å². The maximum atomic E-state index is 13.2. The normalized spacial score (nSPS) is 10.2. The summed E-state index contributed by atoms with van der Waals surface area (Å²) in [5.41, 5.74) is 14.3. The van der Waals surface area contributed by atoms with E-state index in [0.29, 0.717) is 24.2 Å². The lowest BCUT2D eigenvalue weighted by molar-refractivity contribution is 0.625. The molecule has 0 fully saturated rings. The van der Waals surface area contributed by atoms with Gasteiger partial charge in [0.05, 0.1) is 0 Å². The molecule has 1 rings (SSSR count). The summed E-state index contributed by atoms with van der Waals surface area (Å²) in [7, 11) is 0. The molecule has 0 saturated carbocycles. The zero-order chi connectivity index (χ0) is 11.1. The van der Waals surface area contributed by atoms with E-state index < -0.39 is 0 Å². The van der Waals surface area contributed by atoms with Crippen LogP contribution in [0, 0.1) is 5.82 Å². The van der Waals surface area contributed by atoms with Gasteiger partial charge in [0.1, 0.15) is 5.82 Å². The van der Waals surface area contributed by atoms with Gasteiger partial charge in [-0.25, -0.2) is 4.39 Å². The average Bonchev–Trinajstić information content (AvgIpc) is 2.20. The van der Waals surface area contributed by atoms with E-state index in [1.54, 1.807) is 24.3 Å². The molecule has 0 unspecified atom stereocenters. The van der Waals surface area contributed by atoms with Gasteiger partial charge in [-0.15, -0.1) is 0 Å². The summed E-state index contributed by atoms with van der Waals surface area (Å²) in [6, 6.07) is 4.51. The third kappa shape index (κ3) is 3.70.